The van der Waals surface area contributed by atoms with Crippen molar-refractivity contribution in [3.8, 4) is 0 Å². The third-order valence-corrected chi connectivity index (χ3v) is 2.27. The highest BCUT2D eigenvalue weighted by atomic mass is 32.1. The van der Waals surface area contributed by atoms with Crippen LogP contribution in [-0.2, 0) is 9.59 Å². The van der Waals surface area contributed by atoms with Crippen LogP contribution in [0.25, 0.3) is 0 Å². The second kappa shape index (κ2) is 7.49. The Labute approximate surface area is 93.3 Å². The number of rotatable bonds is 3. The lowest BCUT2D eigenvalue weighted by molar-refractivity contribution is -0.139. The molecule has 1 saturated heterocycles. The van der Waals surface area contributed by atoms with E-state index in [0.717, 1.165) is 19.4 Å². The monoisotopic (exact) mass is 236 g/mol. The van der Waals surface area contributed by atoms with Gasteiger partial charge in [-0.25, -0.2) is 0 Å². The number of aliphatic carboxylic acids is 2. The van der Waals surface area contributed by atoms with E-state index in [1.165, 1.54) is 0 Å². The predicted molar refractivity (Wildman–Crippen MR) is 58.1 cm³/mol. The summed E-state index contributed by atoms with van der Waals surface area (Å²) in [6.45, 7) is 0.858. The maximum absolute atomic E-state index is 10.1. The van der Waals surface area contributed by atoms with Gasteiger partial charge in [-0.1, -0.05) is 0 Å². The third kappa shape index (κ3) is 6.32. The molecule has 0 aromatic carbocycles. The molecule has 15 heavy (non-hydrogen) atoms. The number of nitrogens with two attached hydrogens (primary N) is 1. The van der Waals surface area contributed by atoms with Crippen LogP contribution >= 0.6 is 12.6 Å². The predicted octanol–water partition coefficient (Wildman–Crippen LogP) is -0.849. The molecular formula is C8H16N2O4S. The van der Waals surface area contributed by atoms with E-state index >= 15 is 0 Å². The molecule has 0 aliphatic carbocycles. The number of carbonyl (C=O) groups is 2. The first-order chi connectivity index (χ1) is 6.99. The minimum absolute atomic E-state index is 0.190. The minimum Gasteiger partial charge on any atom is -0.480 e. The lowest BCUT2D eigenvalue weighted by atomic mass is 10.2. The fourth-order valence-corrected chi connectivity index (χ4v) is 1.13. The Morgan fingerprint density at radius 3 is 2.27 bits per heavy atom. The Morgan fingerprint density at radius 2 is 2.13 bits per heavy atom. The normalized spacial score (nSPS) is 21.3. The van der Waals surface area contributed by atoms with E-state index in [0.29, 0.717) is 0 Å². The van der Waals surface area contributed by atoms with Crippen LogP contribution in [0.5, 0.6) is 0 Å². The maximum atomic E-state index is 10.1. The quantitative estimate of drug-likeness (QED) is 0.408. The zero-order valence-corrected chi connectivity index (χ0v) is 9.11. The molecule has 5 N–H and O–H groups in total. The molecular weight excluding hydrogens is 220 g/mol. The Balaban J connectivity index is 0.000000265. The molecule has 1 aliphatic heterocycles. The van der Waals surface area contributed by atoms with Gasteiger partial charge in [-0.2, -0.15) is 12.6 Å². The number of nitrogens with one attached hydrogen (secondary N) is 1. The molecule has 0 saturated carbocycles. The smallest absolute Gasteiger partial charge is 0.321 e. The molecule has 1 fully saturated rings. The first-order valence-electron chi connectivity index (χ1n) is 4.54. The van der Waals surface area contributed by atoms with Gasteiger partial charge in [0, 0.05) is 5.75 Å². The second-order valence-electron chi connectivity index (χ2n) is 3.11. The average molecular weight is 236 g/mol. The maximum Gasteiger partial charge on any atom is 0.321 e. The van der Waals surface area contributed by atoms with E-state index in [-0.39, 0.29) is 11.8 Å². The number of thiol groups is 1. The molecule has 88 valence electrons. The van der Waals surface area contributed by atoms with Crippen LogP contribution in [-0.4, -0.2) is 46.5 Å². The number of hydrogen-bond acceptors (Lipinski definition) is 5. The summed E-state index contributed by atoms with van der Waals surface area (Å²) in [5, 5.41) is 19.2. The van der Waals surface area contributed by atoms with Gasteiger partial charge in [-0.3, -0.25) is 9.59 Å². The van der Waals surface area contributed by atoms with Gasteiger partial charge in [-0.15, -0.1) is 0 Å². The van der Waals surface area contributed by atoms with Crippen LogP contribution in [0.3, 0.4) is 0 Å². The highest BCUT2D eigenvalue weighted by Gasteiger charge is 2.20. The van der Waals surface area contributed by atoms with Crippen molar-refractivity contribution in [3.63, 3.8) is 0 Å². The zero-order chi connectivity index (χ0) is 11.8. The summed E-state index contributed by atoms with van der Waals surface area (Å²) in [6, 6.07) is -1.08. The summed E-state index contributed by atoms with van der Waals surface area (Å²) in [6.07, 6.45) is 1.78. The van der Waals surface area contributed by atoms with Gasteiger partial charge >= 0.3 is 11.9 Å². The van der Waals surface area contributed by atoms with Gasteiger partial charge in [0.15, 0.2) is 0 Å². The first kappa shape index (κ1) is 14.2. The van der Waals surface area contributed by atoms with Crippen molar-refractivity contribution in [1.82, 2.24) is 5.32 Å². The lowest BCUT2D eigenvalue weighted by Gasteiger charge is -1.99. The van der Waals surface area contributed by atoms with Crippen LogP contribution in [0, 0.1) is 0 Å². The van der Waals surface area contributed by atoms with E-state index in [1.807, 2.05) is 0 Å². The molecule has 0 bridgehead atoms. The van der Waals surface area contributed by atoms with Gasteiger partial charge in [0.1, 0.15) is 12.1 Å². The summed E-state index contributed by atoms with van der Waals surface area (Å²) in [7, 11) is 0. The van der Waals surface area contributed by atoms with E-state index in [9.17, 15) is 9.59 Å². The van der Waals surface area contributed by atoms with Crippen molar-refractivity contribution >= 4 is 24.6 Å². The Kier molecular flexibility index (Phi) is 7.10. The van der Waals surface area contributed by atoms with E-state index in [1.54, 1.807) is 0 Å². The molecule has 0 aromatic heterocycles. The molecule has 1 unspecified atom stereocenters. The van der Waals surface area contributed by atoms with Crippen molar-refractivity contribution < 1.29 is 19.8 Å². The van der Waals surface area contributed by atoms with Crippen molar-refractivity contribution in [2.24, 2.45) is 5.73 Å². The zero-order valence-electron chi connectivity index (χ0n) is 8.22. The molecule has 1 rings (SSSR count). The molecule has 0 amide bonds. The van der Waals surface area contributed by atoms with Gasteiger partial charge in [0.25, 0.3) is 0 Å². The molecule has 2 atom stereocenters. The van der Waals surface area contributed by atoms with Crippen LogP contribution in [0.2, 0.25) is 0 Å². The van der Waals surface area contributed by atoms with E-state index < -0.39 is 18.0 Å². The highest BCUT2D eigenvalue weighted by molar-refractivity contribution is 7.80. The van der Waals surface area contributed by atoms with Gasteiger partial charge in [0.05, 0.1) is 0 Å². The Morgan fingerprint density at radius 1 is 1.53 bits per heavy atom. The molecule has 7 heteroatoms. The number of carboxylic acid groups (broad SMARTS) is 2. The fraction of sp³-hybridized carbons (Fsp3) is 0.750. The van der Waals surface area contributed by atoms with Gasteiger partial charge < -0.3 is 21.3 Å². The van der Waals surface area contributed by atoms with Crippen molar-refractivity contribution in [2.75, 3.05) is 12.3 Å². The van der Waals surface area contributed by atoms with Crippen LogP contribution in [0.15, 0.2) is 0 Å². The van der Waals surface area contributed by atoms with E-state index in [4.69, 9.17) is 15.9 Å². The molecule has 0 aromatic rings. The number of hydrogen-bond donors (Lipinski definition) is 5. The summed E-state index contributed by atoms with van der Waals surface area (Å²) >= 11 is 3.65. The first-order valence-corrected chi connectivity index (χ1v) is 5.17. The molecule has 1 heterocycles. The SMILES string of the molecule is NC(CS)C(=O)O.O=C(O)[C@@H]1CCCN1. The fourth-order valence-electron chi connectivity index (χ4n) is 0.973. The topological polar surface area (TPSA) is 113 Å². The Bertz CT molecular complexity index is 219. The molecule has 0 spiro atoms. The Hall–Kier alpha value is -0.790. The average Bonchev–Trinajstić information content (AvgIpc) is 2.70. The van der Waals surface area contributed by atoms with Crippen molar-refractivity contribution in [3.05, 3.63) is 0 Å². The molecule has 1 aliphatic rings. The largest absolute Gasteiger partial charge is 0.480 e. The van der Waals surface area contributed by atoms with E-state index in [2.05, 4.69) is 17.9 Å². The van der Waals surface area contributed by atoms with Crippen LogP contribution < -0.4 is 11.1 Å². The summed E-state index contributed by atoms with van der Waals surface area (Å²) in [5.41, 5.74) is 4.94. The van der Waals surface area contributed by atoms with Crippen molar-refractivity contribution in [2.45, 2.75) is 24.9 Å². The lowest BCUT2D eigenvalue weighted by Crippen LogP contribution is -2.31. The standard InChI is InChI=1S/C5H9NO2.C3H7NO2S/c7-5(8)4-2-1-3-6-4;4-2(1-7)3(5)6/h4,6H,1-3H2,(H,7,8);2,7H,1,4H2,(H,5,6)/t4-;/m0./s1. The van der Waals surface area contributed by atoms with Crippen molar-refractivity contribution in [1.29, 1.82) is 0 Å². The second-order valence-corrected chi connectivity index (χ2v) is 3.48. The minimum atomic E-state index is -1.00. The third-order valence-electron chi connectivity index (χ3n) is 1.87. The summed E-state index contributed by atoms with van der Waals surface area (Å²) < 4.78 is 0. The molecule has 6 nitrogen and oxygen atoms in total. The van der Waals surface area contributed by atoms with Crippen LogP contribution in [0.1, 0.15) is 12.8 Å². The summed E-state index contributed by atoms with van der Waals surface area (Å²) in [5.74, 6) is -1.53. The van der Waals surface area contributed by atoms with Crippen LogP contribution in [0.4, 0.5) is 0 Å². The number of carboxylic acids is 2. The molecule has 0 radical (unpaired) electrons. The highest BCUT2D eigenvalue weighted by Crippen LogP contribution is 2.03. The van der Waals surface area contributed by atoms with Gasteiger partial charge in [-0.05, 0) is 19.4 Å². The van der Waals surface area contributed by atoms with Gasteiger partial charge in [0.2, 0.25) is 0 Å². The summed E-state index contributed by atoms with van der Waals surface area (Å²) in [4.78, 5) is 19.9.